The average Bonchev–Trinajstić information content (AvgIpc) is 2.52. The maximum Gasteiger partial charge on any atom is 0.303 e. The van der Waals surface area contributed by atoms with Gasteiger partial charge < -0.3 is 9.64 Å². The first-order valence-electron chi connectivity index (χ1n) is 9.02. The minimum atomic E-state index is -0.478. The fourth-order valence-electron chi connectivity index (χ4n) is 4.97. The fourth-order valence-corrected chi connectivity index (χ4v) is 4.97. The Morgan fingerprint density at radius 3 is 2.64 bits per heavy atom. The molecule has 2 aliphatic carbocycles. The van der Waals surface area contributed by atoms with Gasteiger partial charge >= 0.3 is 5.97 Å². The van der Waals surface area contributed by atoms with Gasteiger partial charge in [-0.05, 0) is 82.4 Å². The Hall–Kier alpha value is -1.13. The molecule has 1 saturated carbocycles. The summed E-state index contributed by atoms with van der Waals surface area (Å²) in [5, 5.41) is 0. The highest BCUT2D eigenvalue weighted by Crippen LogP contribution is 2.56. The van der Waals surface area contributed by atoms with Crippen molar-refractivity contribution in [3.63, 3.8) is 0 Å². The van der Waals surface area contributed by atoms with Crippen molar-refractivity contribution in [2.75, 3.05) is 20.6 Å². The molecule has 0 N–H and O–H groups in total. The molecule has 140 valence electrons. The summed E-state index contributed by atoms with van der Waals surface area (Å²) in [7, 11) is 4.12. The van der Waals surface area contributed by atoms with E-state index in [1.807, 2.05) is 6.07 Å². The SMILES string of the molecule is CC(=O)OC12CCCC[C@]1(CCN(C)C)c1cc(F)ccc1CC2.Cl. The maximum atomic E-state index is 14.1. The van der Waals surface area contributed by atoms with Crippen LogP contribution >= 0.6 is 12.4 Å². The Kier molecular flexibility index (Phi) is 6.16. The molecule has 3 nitrogen and oxygen atoms in total. The van der Waals surface area contributed by atoms with Gasteiger partial charge in [-0.1, -0.05) is 12.5 Å². The largest absolute Gasteiger partial charge is 0.458 e. The van der Waals surface area contributed by atoms with Crippen molar-refractivity contribution in [2.24, 2.45) is 0 Å². The summed E-state index contributed by atoms with van der Waals surface area (Å²) in [6, 6.07) is 5.18. The van der Waals surface area contributed by atoms with Crippen molar-refractivity contribution in [1.29, 1.82) is 0 Å². The highest BCUT2D eigenvalue weighted by Gasteiger charge is 2.58. The Balaban J connectivity index is 0.00000225. The number of benzene rings is 1. The van der Waals surface area contributed by atoms with Crippen molar-refractivity contribution in [2.45, 2.75) is 62.9 Å². The standard InChI is InChI=1S/C20H28FNO2.ClH/c1-15(23)24-20-10-5-4-9-19(20,12-13-22(2)3)18-14-17(21)7-6-16(18)8-11-20;/h6-7,14H,4-5,8-13H2,1-3H3;1H/t19-,20?;/m0./s1. The van der Waals surface area contributed by atoms with E-state index in [-0.39, 0.29) is 29.6 Å². The van der Waals surface area contributed by atoms with E-state index in [1.165, 1.54) is 12.5 Å². The predicted octanol–water partition coefficient (Wildman–Crippen LogP) is 4.26. The van der Waals surface area contributed by atoms with Crippen LogP contribution in [0.5, 0.6) is 0 Å². The van der Waals surface area contributed by atoms with Crippen LogP contribution in [0.4, 0.5) is 4.39 Å². The third kappa shape index (κ3) is 3.56. The lowest BCUT2D eigenvalue weighted by molar-refractivity contribution is -0.177. The van der Waals surface area contributed by atoms with Crippen molar-refractivity contribution in [3.05, 3.63) is 35.1 Å². The molecule has 0 bridgehead atoms. The van der Waals surface area contributed by atoms with E-state index < -0.39 is 5.60 Å². The molecule has 0 aliphatic heterocycles. The Morgan fingerprint density at radius 2 is 1.96 bits per heavy atom. The van der Waals surface area contributed by atoms with Crippen LogP contribution in [0.2, 0.25) is 0 Å². The number of ether oxygens (including phenoxy) is 1. The van der Waals surface area contributed by atoms with Crippen molar-refractivity contribution in [1.82, 2.24) is 4.90 Å². The van der Waals surface area contributed by atoms with E-state index in [0.717, 1.165) is 57.1 Å². The molecule has 0 amide bonds. The van der Waals surface area contributed by atoms with Gasteiger partial charge in [0.15, 0.2) is 0 Å². The monoisotopic (exact) mass is 369 g/mol. The first-order valence-corrected chi connectivity index (χ1v) is 9.02. The second-order valence-corrected chi connectivity index (χ2v) is 7.73. The molecule has 5 heteroatoms. The van der Waals surface area contributed by atoms with Gasteiger partial charge in [-0.25, -0.2) is 4.39 Å². The summed E-state index contributed by atoms with van der Waals surface area (Å²) in [5.74, 6) is -0.409. The molecule has 25 heavy (non-hydrogen) atoms. The van der Waals surface area contributed by atoms with E-state index in [1.54, 1.807) is 12.1 Å². The number of rotatable bonds is 4. The van der Waals surface area contributed by atoms with E-state index in [9.17, 15) is 9.18 Å². The number of aryl methyl sites for hydroxylation is 1. The zero-order valence-corrected chi connectivity index (χ0v) is 16.3. The molecule has 2 atom stereocenters. The third-order valence-electron chi connectivity index (χ3n) is 6.02. The summed E-state index contributed by atoms with van der Waals surface area (Å²) in [6.07, 6.45) is 6.61. The molecule has 1 fully saturated rings. The first-order chi connectivity index (χ1) is 11.4. The number of halogens is 2. The van der Waals surface area contributed by atoms with Crippen LogP contribution in [0.3, 0.4) is 0 Å². The topological polar surface area (TPSA) is 29.5 Å². The van der Waals surface area contributed by atoms with Crippen LogP contribution in [0.1, 0.15) is 56.6 Å². The van der Waals surface area contributed by atoms with Gasteiger partial charge in [-0.15, -0.1) is 12.4 Å². The van der Waals surface area contributed by atoms with E-state index in [0.29, 0.717) is 0 Å². The van der Waals surface area contributed by atoms with Crippen LogP contribution in [0.15, 0.2) is 18.2 Å². The number of carbonyl (C=O) groups is 1. The molecular weight excluding hydrogens is 341 g/mol. The van der Waals surface area contributed by atoms with E-state index in [2.05, 4.69) is 19.0 Å². The van der Waals surface area contributed by atoms with Crippen LogP contribution in [0, 0.1) is 5.82 Å². The summed E-state index contributed by atoms with van der Waals surface area (Å²) in [6.45, 7) is 2.40. The Morgan fingerprint density at radius 1 is 1.24 bits per heavy atom. The van der Waals surface area contributed by atoms with Crippen molar-refractivity contribution in [3.8, 4) is 0 Å². The second-order valence-electron chi connectivity index (χ2n) is 7.73. The van der Waals surface area contributed by atoms with Crippen LogP contribution in [-0.2, 0) is 21.4 Å². The highest BCUT2D eigenvalue weighted by molar-refractivity contribution is 5.85. The van der Waals surface area contributed by atoms with Crippen molar-refractivity contribution < 1.29 is 13.9 Å². The number of carbonyl (C=O) groups excluding carboxylic acids is 1. The number of esters is 1. The molecule has 2 aliphatic rings. The quantitative estimate of drug-likeness (QED) is 0.743. The average molecular weight is 370 g/mol. The highest BCUT2D eigenvalue weighted by atomic mass is 35.5. The zero-order valence-electron chi connectivity index (χ0n) is 15.4. The molecule has 1 unspecified atom stereocenters. The molecule has 0 spiro atoms. The third-order valence-corrected chi connectivity index (χ3v) is 6.02. The summed E-state index contributed by atoms with van der Waals surface area (Å²) in [5.41, 5.74) is 1.56. The lowest BCUT2D eigenvalue weighted by Crippen LogP contribution is -2.59. The molecule has 0 saturated heterocycles. The lowest BCUT2D eigenvalue weighted by atomic mass is 9.53. The first kappa shape index (κ1) is 20.2. The fraction of sp³-hybridized carbons (Fsp3) is 0.650. The molecule has 3 rings (SSSR count). The normalized spacial score (nSPS) is 27.9. The van der Waals surface area contributed by atoms with Crippen LogP contribution in [-0.4, -0.2) is 37.1 Å². The summed E-state index contributed by atoms with van der Waals surface area (Å²) >= 11 is 0. The number of fused-ring (bicyclic) bond motifs is 3. The van der Waals surface area contributed by atoms with Gasteiger partial charge in [0.05, 0.1) is 0 Å². The van der Waals surface area contributed by atoms with Gasteiger partial charge in [-0.2, -0.15) is 0 Å². The zero-order chi connectivity index (χ0) is 17.4. The van der Waals surface area contributed by atoms with E-state index in [4.69, 9.17) is 4.74 Å². The maximum absolute atomic E-state index is 14.1. The minimum Gasteiger partial charge on any atom is -0.458 e. The number of hydrogen-bond donors (Lipinski definition) is 0. The Labute approximate surface area is 156 Å². The lowest BCUT2D eigenvalue weighted by Gasteiger charge is -2.56. The van der Waals surface area contributed by atoms with Crippen LogP contribution < -0.4 is 0 Å². The minimum absolute atomic E-state index is 0. The molecule has 1 aromatic carbocycles. The van der Waals surface area contributed by atoms with Gasteiger partial charge in [0.1, 0.15) is 11.4 Å². The Bertz CT molecular complexity index is 636. The summed E-state index contributed by atoms with van der Waals surface area (Å²) in [4.78, 5) is 14.1. The van der Waals surface area contributed by atoms with Crippen molar-refractivity contribution >= 4 is 18.4 Å². The molecule has 0 radical (unpaired) electrons. The molecular formula is C20H29ClFNO2. The summed E-state index contributed by atoms with van der Waals surface area (Å²) < 4.78 is 20.1. The van der Waals surface area contributed by atoms with Gasteiger partial charge in [0.2, 0.25) is 0 Å². The van der Waals surface area contributed by atoms with Crippen LogP contribution in [0.25, 0.3) is 0 Å². The predicted molar refractivity (Wildman–Crippen MR) is 99.8 cm³/mol. The second kappa shape index (κ2) is 7.63. The molecule has 0 aromatic heterocycles. The van der Waals surface area contributed by atoms with Gasteiger partial charge in [0, 0.05) is 12.3 Å². The van der Waals surface area contributed by atoms with Gasteiger partial charge in [0.25, 0.3) is 0 Å². The van der Waals surface area contributed by atoms with Gasteiger partial charge in [-0.3, -0.25) is 4.79 Å². The number of nitrogens with zero attached hydrogens (tertiary/aromatic N) is 1. The smallest absolute Gasteiger partial charge is 0.303 e. The molecule has 1 aromatic rings. The van der Waals surface area contributed by atoms with E-state index >= 15 is 0 Å². The number of hydrogen-bond acceptors (Lipinski definition) is 3. The molecule has 0 heterocycles.